The molecule has 0 N–H and O–H groups in total. The molecular formula is C19H28N2O2. The maximum Gasteiger partial charge on any atom is 0.224 e. The summed E-state index contributed by atoms with van der Waals surface area (Å²) < 4.78 is 5.31. The Kier molecular flexibility index (Phi) is 6.06. The van der Waals surface area contributed by atoms with Crippen LogP contribution in [0.25, 0.3) is 0 Å². The van der Waals surface area contributed by atoms with Crippen molar-refractivity contribution in [2.75, 3.05) is 45.9 Å². The highest BCUT2D eigenvalue weighted by molar-refractivity contribution is 5.76. The van der Waals surface area contributed by atoms with Crippen molar-refractivity contribution < 1.29 is 9.53 Å². The van der Waals surface area contributed by atoms with Crippen LogP contribution in [0.3, 0.4) is 0 Å². The molecule has 4 heteroatoms. The summed E-state index contributed by atoms with van der Waals surface area (Å²) >= 11 is 0. The molecule has 2 heterocycles. The van der Waals surface area contributed by atoms with E-state index in [1.54, 1.807) is 0 Å². The van der Waals surface area contributed by atoms with Gasteiger partial charge in [-0.1, -0.05) is 30.3 Å². The van der Waals surface area contributed by atoms with E-state index in [0.717, 1.165) is 32.7 Å². The van der Waals surface area contributed by atoms with E-state index in [2.05, 4.69) is 35.2 Å². The molecule has 1 aromatic carbocycles. The van der Waals surface area contributed by atoms with Crippen LogP contribution < -0.4 is 0 Å². The molecule has 2 aliphatic rings. The molecule has 1 unspecified atom stereocenters. The number of ether oxygens (including phenoxy) is 1. The fourth-order valence-corrected chi connectivity index (χ4v) is 3.66. The second-order valence-corrected chi connectivity index (χ2v) is 6.62. The lowest BCUT2D eigenvalue weighted by Crippen LogP contribution is -2.42. The first-order valence-corrected chi connectivity index (χ1v) is 8.96. The molecule has 1 amide bonds. The van der Waals surface area contributed by atoms with Gasteiger partial charge in [0.2, 0.25) is 5.91 Å². The lowest BCUT2D eigenvalue weighted by molar-refractivity contribution is -0.135. The first-order valence-electron chi connectivity index (χ1n) is 8.96. The molecule has 2 saturated heterocycles. The summed E-state index contributed by atoms with van der Waals surface area (Å²) in [6, 6.07) is 10.9. The number of hydrogen-bond acceptors (Lipinski definition) is 3. The van der Waals surface area contributed by atoms with Crippen molar-refractivity contribution in [3.63, 3.8) is 0 Å². The van der Waals surface area contributed by atoms with Crippen LogP contribution >= 0.6 is 0 Å². The summed E-state index contributed by atoms with van der Waals surface area (Å²) in [5.41, 5.74) is 1.47. The number of nitrogens with zero attached hydrogens (tertiary/aromatic N) is 2. The van der Waals surface area contributed by atoms with E-state index in [-0.39, 0.29) is 5.91 Å². The van der Waals surface area contributed by atoms with Crippen LogP contribution in [-0.2, 0) is 9.53 Å². The van der Waals surface area contributed by atoms with Crippen LogP contribution in [0.1, 0.15) is 37.2 Å². The van der Waals surface area contributed by atoms with E-state index in [1.165, 1.54) is 24.8 Å². The largest absolute Gasteiger partial charge is 0.378 e. The zero-order valence-electron chi connectivity index (χ0n) is 14.0. The normalized spacial score (nSPS) is 23.5. The van der Waals surface area contributed by atoms with Gasteiger partial charge in [0.05, 0.1) is 13.2 Å². The third-order valence-corrected chi connectivity index (χ3v) is 5.10. The molecule has 2 fully saturated rings. The number of likely N-dealkylation sites (tertiary alicyclic amines) is 1. The highest BCUT2D eigenvalue weighted by Gasteiger charge is 2.21. The Labute approximate surface area is 139 Å². The van der Waals surface area contributed by atoms with Gasteiger partial charge in [-0.3, -0.25) is 4.79 Å². The first kappa shape index (κ1) is 16.5. The molecule has 126 valence electrons. The van der Waals surface area contributed by atoms with Gasteiger partial charge in [-0.15, -0.1) is 0 Å². The van der Waals surface area contributed by atoms with Crippen molar-refractivity contribution in [3.8, 4) is 0 Å². The lowest BCUT2D eigenvalue weighted by Gasteiger charge is -2.28. The number of benzene rings is 1. The molecule has 1 atom stereocenters. The van der Waals surface area contributed by atoms with Gasteiger partial charge in [0.15, 0.2) is 0 Å². The van der Waals surface area contributed by atoms with Gasteiger partial charge < -0.3 is 14.5 Å². The quantitative estimate of drug-likeness (QED) is 0.855. The predicted octanol–water partition coefficient (Wildman–Crippen LogP) is 2.51. The molecule has 0 aliphatic carbocycles. The summed E-state index contributed by atoms with van der Waals surface area (Å²) in [7, 11) is 0. The molecular weight excluding hydrogens is 288 g/mol. The number of carbonyl (C=O) groups is 1. The highest BCUT2D eigenvalue weighted by Crippen LogP contribution is 2.27. The molecule has 0 radical (unpaired) electrons. The third-order valence-electron chi connectivity index (χ3n) is 5.10. The summed E-state index contributed by atoms with van der Waals surface area (Å²) in [5, 5.41) is 0. The van der Waals surface area contributed by atoms with Crippen molar-refractivity contribution >= 4 is 5.91 Å². The Morgan fingerprint density at radius 3 is 2.61 bits per heavy atom. The van der Waals surface area contributed by atoms with Gasteiger partial charge in [-0.25, -0.2) is 0 Å². The van der Waals surface area contributed by atoms with Gasteiger partial charge in [0.1, 0.15) is 0 Å². The van der Waals surface area contributed by atoms with E-state index in [9.17, 15) is 4.79 Å². The Morgan fingerprint density at radius 1 is 1.04 bits per heavy atom. The Balaban J connectivity index is 1.44. The maximum atomic E-state index is 12.3. The summed E-state index contributed by atoms with van der Waals surface area (Å²) in [6.07, 6.45) is 4.34. The summed E-state index contributed by atoms with van der Waals surface area (Å²) in [5.74, 6) is 0.966. The van der Waals surface area contributed by atoms with Crippen LogP contribution in [0.4, 0.5) is 0 Å². The van der Waals surface area contributed by atoms with E-state index < -0.39 is 0 Å². The molecule has 0 aromatic heterocycles. The van der Waals surface area contributed by atoms with Gasteiger partial charge in [0, 0.05) is 26.1 Å². The predicted molar refractivity (Wildman–Crippen MR) is 91.5 cm³/mol. The van der Waals surface area contributed by atoms with E-state index in [0.29, 0.717) is 25.6 Å². The maximum absolute atomic E-state index is 12.3. The number of amides is 1. The minimum atomic E-state index is 0.289. The fraction of sp³-hybridized carbons (Fsp3) is 0.632. The molecule has 2 aliphatic heterocycles. The number of rotatable bonds is 4. The van der Waals surface area contributed by atoms with Crippen LogP contribution in [0, 0.1) is 0 Å². The summed E-state index contributed by atoms with van der Waals surface area (Å²) in [4.78, 5) is 16.7. The second kappa shape index (κ2) is 8.46. The third kappa shape index (κ3) is 4.79. The van der Waals surface area contributed by atoms with Crippen LogP contribution in [-0.4, -0.2) is 61.6 Å². The number of morpholine rings is 1. The van der Waals surface area contributed by atoms with Crippen molar-refractivity contribution in [2.45, 2.75) is 31.6 Å². The van der Waals surface area contributed by atoms with Crippen molar-refractivity contribution in [1.29, 1.82) is 0 Å². The minimum Gasteiger partial charge on any atom is -0.378 e. The lowest BCUT2D eigenvalue weighted by atomic mass is 9.92. The zero-order chi connectivity index (χ0) is 15.9. The SMILES string of the molecule is O=C(CCN1CCCC(c2ccccc2)CC1)N1CCOCC1. The van der Waals surface area contributed by atoms with Crippen LogP contribution in [0.5, 0.6) is 0 Å². The average molecular weight is 316 g/mol. The fourth-order valence-electron chi connectivity index (χ4n) is 3.66. The molecule has 0 spiro atoms. The van der Waals surface area contributed by atoms with Gasteiger partial charge in [-0.2, -0.15) is 0 Å². The Morgan fingerprint density at radius 2 is 1.83 bits per heavy atom. The molecule has 1 aromatic rings. The monoisotopic (exact) mass is 316 g/mol. The van der Waals surface area contributed by atoms with E-state index >= 15 is 0 Å². The standard InChI is InChI=1S/C19H28N2O2/c22-19(21-13-15-23-16-14-21)9-12-20-10-4-7-18(8-11-20)17-5-2-1-3-6-17/h1-3,5-6,18H,4,7-16H2. The summed E-state index contributed by atoms with van der Waals surface area (Å²) in [6.45, 7) is 6.03. The first-order chi connectivity index (χ1) is 11.3. The highest BCUT2D eigenvalue weighted by atomic mass is 16.5. The van der Waals surface area contributed by atoms with E-state index in [4.69, 9.17) is 4.74 Å². The topological polar surface area (TPSA) is 32.8 Å². The van der Waals surface area contributed by atoms with Crippen molar-refractivity contribution in [2.24, 2.45) is 0 Å². The average Bonchev–Trinajstić information content (AvgIpc) is 2.87. The van der Waals surface area contributed by atoms with Gasteiger partial charge in [-0.05, 0) is 43.8 Å². The van der Waals surface area contributed by atoms with Crippen LogP contribution in [0.2, 0.25) is 0 Å². The molecule has 0 saturated carbocycles. The molecule has 0 bridgehead atoms. The minimum absolute atomic E-state index is 0.289. The second-order valence-electron chi connectivity index (χ2n) is 6.62. The molecule has 3 rings (SSSR count). The molecule has 23 heavy (non-hydrogen) atoms. The Bertz CT molecular complexity index is 485. The molecule has 4 nitrogen and oxygen atoms in total. The smallest absolute Gasteiger partial charge is 0.224 e. The van der Waals surface area contributed by atoms with Gasteiger partial charge >= 0.3 is 0 Å². The van der Waals surface area contributed by atoms with E-state index in [1.807, 2.05) is 4.90 Å². The number of carbonyl (C=O) groups excluding carboxylic acids is 1. The van der Waals surface area contributed by atoms with Crippen molar-refractivity contribution in [1.82, 2.24) is 9.80 Å². The number of hydrogen-bond donors (Lipinski definition) is 0. The van der Waals surface area contributed by atoms with Crippen molar-refractivity contribution in [3.05, 3.63) is 35.9 Å². The zero-order valence-corrected chi connectivity index (χ0v) is 14.0. The Hall–Kier alpha value is -1.39. The van der Waals surface area contributed by atoms with Crippen LogP contribution in [0.15, 0.2) is 30.3 Å². The van der Waals surface area contributed by atoms with Gasteiger partial charge in [0.25, 0.3) is 0 Å².